The van der Waals surface area contributed by atoms with Crippen LogP contribution in [0.2, 0.25) is 5.02 Å². The van der Waals surface area contributed by atoms with E-state index in [4.69, 9.17) is 23.8 Å². The fraction of sp³-hybridized carbons (Fsp3) is 0.500. The first-order valence-electron chi connectivity index (χ1n) is 6.57. The summed E-state index contributed by atoms with van der Waals surface area (Å²) in [6.07, 6.45) is 1.08. The van der Waals surface area contributed by atoms with Crippen LogP contribution in [0.1, 0.15) is 20.3 Å². The molecule has 0 saturated carbocycles. The van der Waals surface area contributed by atoms with Crippen molar-refractivity contribution < 1.29 is 0 Å². The maximum atomic E-state index is 5.99. The maximum absolute atomic E-state index is 5.99. The smallest absolute Gasteiger partial charge is 0.178 e. The van der Waals surface area contributed by atoms with Gasteiger partial charge >= 0.3 is 0 Å². The number of hydrogen-bond donors (Lipinski definition) is 1. The van der Waals surface area contributed by atoms with E-state index in [0.717, 1.165) is 40.3 Å². The van der Waals surface area contributed by atoms with E-state index in [2.05, 4.69) is 35.3 Å². The highest BCUT2D eigenvalue weighted by Gasteiger charge is 2.06. The van der Waals surface area contributed by atoms with Gasteiger partial charge in [0.25, 0.3) is 0 Å². The highest BCUT2D eigenvalue weighted by molar-refractivity contribution is 7.71. The Morgan fingerprint density at radius 3 is 2.84 bits per heavy atom. The minimum Gasteiger partial charge on any atom is -0.331 e. The van der Waals surface area contributed by atoms with Gasteiger partial charge in [-0.2, -0.15) is 0 Å². The number of benzene rings is 1. The number of rotatable bonds is 5. The van der Waals surface area contributed by atoms with Crippen molar-refractivity contribution in [2.45, 2.75) is 32.9 Å². The quantitative estimate of drug-likeness (QED) is 0.841. The van der Waals surface area contributed by atoms with Crippen LogP contribution in [0.3, 0.4) is 0 Å². The molecule has 19 heavy (non-hydrogen) atoms. The Kier molecular flexibility index (Phi) is 4.66. The van der Waals surface area contributed by atoms with Gasteiger partial charge in [-0.25, -0.2) is 0 Å². The van der Waals surface area contributed by atoms with Gasteiger partial charge < -0.3 is 14.5 Å². The van der Waals surface area contributed by atoms with E-state index in [1.54, 1.807) is 0 Å². The van der Waals surface area contributed by atoms with Crippen molar-refractivity contribution in [2.24, 2.45) is 0 Å². The summed E-state index contributed by atoms with van der Waals surface area (Å²) in [5.41, 5.74) is 2.14. The Hall–Kier alpha value is -0.840. The van der Waals surface area contributed by atoms with E-state index in [1.807, 2.05) is 18.2 Å². The van der Waals surface area contributed by atoms with Crippen LogP contribution in [0, 0.1) is 4.77 Å². The van der Waals surface area contributed by atoms with Crippen molar-refractivity contribution >= 4 is 34.9 Å². The number of H-pyrrole nitrogens is 1. The molecule has 2 rings (SSSR count). The first-order chi connectivity index (χ1) is 8.99. The normalized spacial score (nSPS) is 11.9. The Morgan fingerprint density at radius 1 is 1.42 bits per heavy atom. The van der Waals surface area contributed by atoms with E-state index in [-0.39, 0.29) is 0 Å². The molecule has 0 fully saturated rings. The number of aromatic nitrogens is 2. The summed E-state index contributed by atoms with van der Waals surface area (Å²) < 4.78 is 2.92. The summed E-state index contributed by atoms with van der Waals surface area (Å²) in [6, 6.07) is 6.43. The molecule has 0 aliphatic heterocycles. The monoisotopic (exact) mass is 297 g/mol. The molecular formula is C14H20ClN3S. The number of hydrogen-bond acceptors (Lipinski definition) is 2. The Morgan fingerprint density at radius 2 is 2.16 bits per heavy atom. The van der Waals surface area contributed by atoms with E-state index >= 15 is 0 Å². The highest BCUT2D eigenvalue weighted by Crippen LogP contribution is 2.19. The second-order valence-electron chi connectivity index (χ2n) is 5.17. The Labute approximate surface area is 124 Å². The number of nitrogens with one attached hydrogen (secondary N) is 1. The van der Waals surface area contributed by atoms with Gasteiger partial charge in [-0.3, -0.25) is 0 Å². The maximum Gasteiger partial charge on any atom is 0.178 e. The van der Waals surface area contributed by atoms with Crippen LogP contribution in [0.5, 0.6) is 0 Å². The number of imidazole rings is 1. The van der Waals surface area contributed by atoms with Gasteiger partial charge in [0, 0.05) is 17.6 Å². The average Bonchev–Trinajstić information content (AvgIpc) is 2.64. The molecule has 0 aliphatic carbocycles. The third-order valence-electron chi connectivity index (χ3n) is 3.51. The highest BCUT2D eigenvalue weighted by atomic mass is 35.5. The Balaban J connectivity index is 2.13. The molecule has 1 heterocycles. The summed E-state index contributed by atoms with van der Waals surface area (Å²) in [5.74, 6) is 0. The number of fused-ring (bicyclic) bond motifs is 1. The summed E-state index contributed by atoms with van der Waals surface area (Å²) in [7, 11) is 2.15. The topological polar surface area (TPSA) is 24.0 Å². The zero-order chi connectivity index (χ0) is 14.0. The molecule has 0 saturated heterocycles. The van der Waals surface area contributed by atoms with Gasteiger partial charge in [0.15, 0.2) is 4.77 Å². The number of aromatic amines is 1. The predicted molar refractivity (Wildman–Crippen MR) is 84.5 cm³/mol. The van der Waals surface area contributed by atoms with Crippen molar-refractivity contribution in [1.29, 1.82) is 0 Å². The van der Waals surface area contributed by atoms with Crippen LogP contribution in [-0.4, -0.2) is 34.1 Å². The van der Waals surface area contributed by atoms with Gasteiger partial charge in [-0.1, -0.05) is 11.6 Å². The summed E-state index contributed by atoms with van der Waals surface area (Å²) in [4.78, 5) is 5.55. The lowest BCUT2D eigenvalue weighted by molar-refractivity contribution is 0.266. The molecule has 1 aromatic heterocycles. The molecule has 3 nitrogen and oxygen atoms in total. The molecule has 0 amide bonds. The largest absolute Gasteiger partial charge is 0.331 e. The summed E-state index contributed by atoms with van der Waals surface area (Å²) in [5, 5.41) is 0.732. The number of aryl methyl sites for hydroxylation is 1. The summed E-state index contributed by atoms with van der Waals surface area (Å²) in [6.45, 7) is 6.41. The number of nitrogens with zero attached hydrogens (tertiary/aromatic N) is 2. The van der Waals surface area contributed by atoms with Gasteiger partial charge in [-0.05, 0) is 64.3 Å². The molecule has 0 unspecified atom stereocenters. The minimum absolute atomic E-state index is 0.578. The molecule has 1 aromatic carbocycles. The Bertz CT molecular complexity index is 615. The zero-order valence-electron chi connectivity index (χ0n) is 11.6. The van der Waals surface area contributed by atoms with Crippen LogP contribution >= 0.6 is 23.8 Å². The molecule has 5 heteroatoms. The van der Waals surface area contributed by atoms with Gasteiger partial charge in [0.1, 0.15) is 0 Å². The van der Waals surface area contributed by atoms with E-state index in [1.165, 1.54) is 0 Å². The molecule has 0 radical (unpaired) electrons. The fourth-order valence-corrected chi connectivity index (χ4v) is 2.57. The van der Waals surface area contributed by atoms with Crippen LogP contribution in [-0.2, 0) is 6.54 Å². The van der Waals surface area contributed by atoms with Crippen LogP contribution in [0.25, 0.3) is 11.0 Å². The summed E-state index contributed by atoms with van der Waals surface area (Å²) >= 11 is 11.4. The molecule has 0 spiro atoms. The van der Waals surface area contributed by atoms with E-state index < -0.39 is 0 Å². The van der Waals surface area contributed by atoms with Crippen molar-refractivity contribution in [1.82, 2.24) is 14.5 Å². The first-order valence-corrected chi connectivity index (χ1v) is 7.36. The predicted octanol–water partition coefficient (Wildman–Crippen LogP) is 4.08. The second kappa shape index (κ2) is 6.07. The minimum atomic E-state index is 0.578. The van der Waals surface area contributed by atoms with Gasteiger partial charge in [0.05, 0.1) is 11.0 Å². The first kappa shape index (κ1) is 14.6. The molecular weight excluding hydrogens is 278 g/mol. The van der Waals surface area contributed by atoms with Crippen molar-refractivity contribution in [3.8, 4) is 0 Å². The van der Waals surface area contributed by atoms with Crippen molar-refractivity contribution in [3.05, 3.63) is 28.0 Å². The average molecular weight is 298 g/mol. The fourth-order valence-electron chi connectivity index (χ4n) is 2.09. The zero-order valence-corrected chi connectivity index (χ0v) is 13.2. The standard InChI is InChI=1S/C14H20ClN3S/c1-10(2)17(3)7-4-8-18-13-6-5-11(15)9-12(13)16-14(18)19/h5-6,9-10H,4,7-8H2,1-3H3,(H,16,19). The molecule has 1 N–H and O–H groups in total. The lowest BCUT2D eigenvalue weighted by atomic mass is 10.3. The molecule has 104 valence electrons. The van der Waals surface area contributed by atoms with E-state index in [0.29, 0.717) is 6.04 Å². The van der Waals surface area contributed by atoms with Gasteiger partial charge in [0.2, 0.25) is 0 Å². The lowest BCUT2D eigenvalue weighted by Crippen LogP contribution is -2.27. The molecule has 2 aromatic rings. The molecule has 0 aliphatic rings. The molecule has 0 bridgehead atoms. The third-order valence-corrected chi connectivity index (χ3v) is 4.07. The van der Waals surface area contributed by atoms with Gasteiger partial charge in [-0.15, -0.1) is 0 Å². The van der Waals surface area contributed by atoms with Crippen molar-refractivity contribution in [2.75, 3.05) is 13.6 Å². The molecule has 0 atom stereocenters. The van der Waals surface area contributed by atoms with Crippen LogP contribution < -0.4 is 0 Å². The SMILES string of the molecule is CC(C)N(C)CCCn1c(=S)[nH]c2cc(Cl)ccc21. The van der Waals surface area contributed by atoms with E-state index in [9.17, 15) is 0 Å². The second-order valence-corrected chi connectivity index (χ2v) is 5.99. The third kappa shape index (κ3) is 3.38. The van der Waals surface area contributed by atoms with Crippen molar-refractivity contribution in [3.63, 3.8) is 0 Å². The lowest BCUT2D eigenvalue weighted by Gasteiger charge is -2.20. The number of halogens is 1. The van der Waals surface area contributed by atoms with Crippen LogP contribution in [0.15, 0.2) is 18.2 Å². The van der Waals surface area contributed by atoms with Crippen LogP contribution in [0.4, 0.5) is 0 Å².